The fourth-order valence-corrected chi connectivity index (χ4v) is 4.82. The Labute approximate surface area is 252 Å². The summed E-state index contributed by atoms with van der Waals surface area (Å²) in [6.07, 6.45) is 0.487. The smallest absolute Gasteiger partial charge is 0.311 e. The first-order valence-corrected chi connectivity index (χ1v) is 13.5. The van der Waals surface area contributed by atoms with Crippen LogP contribution in [0.3, 0.4) is 0 Å². The lowest BCUT2D eigenvalue weighted by molar-refractivity contribution is -0.386. The minimum atomic E-state index is -0.610. The van der Waals surface area contributed by atoms with Crippen LogP contribution in [0.15, 0.2) is 77.3 Å². The maximum atomic E-state index is 11.9. The zero-order valence-electron chi connectivity index (χ0n) is 23.8. The summed E-state index contributed by atoms with van der Waals surface area (Å²) in [4.78, 5) is 27.3. The van der Waals surface area contributed by atoms with Crippen molar-refractivity contribution >= 4 is 12.0 Å². The van der Waals surface area contributed by atoms with Crippen molar-refractivity contribution in [1.82, 2.24) is 10.1 Å². The van der Waals surface area contributed by atoms with Crippen LogP contribution in [-0.4, -0.2) is 26.5 Å². The summed E-state index contributed by atoms with van der Waals surface area (Å²) in [6.45, 7) is 3.57. The minimum absolute atomic E-state index is 0.00161. The largest absolute Gasteiger partial charge is 0.488 e. The predicted molar refractivity (Wildman–Crippen MR) is 159 cm³/mol. The molecule has 0 saturated carbocycles. The normalized spacial score (nSPS) is 10.7. The average Bonchev–Trinajstić information content (AvgIpc) is 3.52. The Morgan fingerprint density at radius 1 is 0.955 bits per heavy atom. The maximum absolute atomic E-state index is 11.9. The molecule has 0 saturated heterocycles. The monoisotopic (exact) mass is 590 g/mol. The third-order valence-corrected chi connectivity index (χ3v) is 7.16. The first-order chi connectivity index (χ1) is 21.3. The van der Waals surface area contributed by atoms with Gasteiger partial charge in [0.25, 0.3) is 5.89 Å². The van der Waals surface area contributed by atoms with E-state index in [1.54, 1.807) is 24.3 Å². The molecule has 0 aliphatic rings. The molecule has 1 aromatic heterocycles. The molecule has 44 heavy (non-hydrogen) atoms. The highest BCUT2D eigenvalue weighted by Crippen LogP contribution is 2.37. The van der Waals surface area contributed by atoms with Gasteiger partial charge in [-0.05, 0) is 59.4 Å². The molecular formula is C33H26N4O7. The standard InChI is InChI=1S/C33H26N4O7/c1-20-24(8-4-9-26(20)27-10-5-11-28(21(27)2)33-35-32(17-39)44-36-33)19-43-31-14-30(25(16-38)13-29(31)37(40)41)42-18-23-7-3-6-22(12-23)15-34/h3-14,16,39H,17-19H2,1-2H3. The van der Waals surface area contributed by atoms with Gasteiger partial charge in [0.05, 0.1) is 22.1 Å². The van der Waals surface area contributed by atoms with Gasteiger partial charge in [0.1, 0.15) is 25.6 Å². The molecule has 5 rings (SSSR count). The molecule has 0 fully saturated rings. The van der Waals surface area contributed by atoms with Gasteiger partial charge in [-0.3, -0.25) is 14.9 Å². The highest BCUT2D eigenvalue weighted by molar-refractivity contribution is 5.82. The van der Waals surface area contributed by atoms with Crippen LogP contribution in [0.2, 0.25) is 0 Å². The van der Waals surface area contributed by atoms with Gasteiger partial charge in [-0.25, -0.2) is 0 Å². The lowest BCUT2D eigenvalue weighted by atomic mass is 9.91. The van der Waals surface area contributed by atoms with Gasteiger partial charge in [0.2, 0.25) is 11.6 Å². The Kier molecular flexibility index (Phi) is 8.74. The summed E-state index contributed by atoms with van der Waals surface area (Å²) in [5.41, 5.74) is 5.98. The Morgan fingerprint density at radius 2 is 1.66 bits per heavy atom. The fraction of sp³-hybridized carbons (Fsp3) is 0.152. The van der Waals surface area contributed by atoms with E-state index in [0.29, 0.717) is 23.2 Å². The first kappa shape index (κ1) is 29.6. The van der Waals surface area contributed by atoms with Crippen LogP contribution >= 0.6 is 0 Å². The Hall–Kier alpha value is -5.86. The summed E-state index contributed by atoms with van der Waals surface area (Å²) in [5.74, 6) is 0.553. The molecule has 0 atom stereocenters. The van der Waals surface area contributed by atoms with E-state index in [1.165, 1.54) is 6.07 Å². The second-order valence-corrected chi connectivity index (χ2v) is 9.86. The Bertz CT molecular complexity index is 1910. The van der Waals surface area contributed by atoms with Gasteiger partial charge in [-0.15, -0.1) is 0 Å². The van der Waals surface area contributed by atoms with Gasteiger partial charge in [-0.1, -0.05) is 53.7 Å². The van der Waals surface area contributed by atoms with E-state index in [0.717, 1.165) is 39.4 Å². The van der Waals surface area contributed by atoms with Crippen molar-refractivity contribution in [2.75, 3.05) is 0 Å². The maximum Gasteiger partial charge on any atom is 0.311 e. The molecule has 0 radical (unpaired) electrons. The molecule has 0 aliphatic heterocycles. The number of carbonyl (C=O) groups is 1. The lowest BCUT2D eigenvalue weighted by Gasteiger charge is -2.16. The third kappa shape index (κ3) is 6.16. The number of nitrogens with zero attached hydrogens (tertiary/aromatic N) is 4. The number of aliphatic hydroxyl groups is 1. The second kappa shape index (κ2) is 13.0. The fourth-order valence-electron chi connectivity index (χ4n) is 4.82. The predicted octanol–water partition coefficient (Wildman–Crippen LogP) is 6.26. The van der Waals surface area contributed by atoms with Gasteiger partial charge in [-0.2, -0.15) is 10.2 Å². The average molecular weight is 591 g/mol. The van der Waals surface area contributed by atoms with E-state index in [4.69, 9.17) is 19.3 Å². The lowest BCUT2D eigenvalue weighted by Crippen LogP contribution is -2.05. The van der Waals surface area contributed by atoms with Crippen molar-refractivity contribution < 1.29 is 28.8 Å². The Morgan fingerprint density at radius 3 is 2.36 bits per heavy atom. The molecule has 11 heteroatoms. The number of carbonyl (C=O) groups excluding carboxylic acids is 1. The summed E-state index contributed by atoms with van der Waals surface area (Å²) in [5, 5.41) is 34.3. The van der Waals surface area contributed by atoms with Crippen molar-refractivity contribution in [3.63, 3.8) is 0 Å². The quantitative estimate of drug-likeness (QED) is 0.105. The molecule has 11 nitrogen and oxygen atoms in total. The number of nitro groups is 1. The van der Waals surface area contributed by atoms with Gasteiger partial charge < -0.3 is 19.1 Å². The number of hydrogen-bond donors (Lipinski definition) is 1. The number of ether oxygens (including phenoxy) is 2. The van der Waals surface area contributed by atoms with Crippen molar-refractivity contribution in [2.24, 2.45) is 0 Å². The minimum Gasteiger partial charge on any atom is -0.488 e. The highest BCUT2D eigenvalue weighted by Gasteiger charge is 2.22. The summed E-state index contributed by atoms with van der Waals surface area (Å²) in [7, 11) is 0. The molecule has 0 bridgehead atoms. The number of benzene rings is 4. The molecule has 1 heterocycles. The number of rotatable bonds is 11. The Balaban J connectivity index is 1.43. The molecule has 220 valence electrons. The summed E-state index contributed by atoms with van der Waals surface area (Å²) < 4.78 is 16.9. The first-order valence-electron chi connectivity index (χ1n) is 13.5. The van der Waals surface area contributed by atoms with Crippen molar-refractivity contribution in [3.8, 4) is 40.1 Å². The van der Waals surface area contributed by atoms with Crippen molar-refractivity contribution in [2.45, 2.75) is 33.7 Å². The van der Waals surface area contributed by atoms with E-state index in [9.17, 15) is 20.0 Å². The molecule has 0 spiro atoms. The molecule has 5 aromatic rings. The van der Waals surface area contributed by atoms with Crippen LogP contribution < -0.4 is 9.47 Å². The zero-order chi connectivity index (χ0) is 31.2. The van der Waals surface area contributed by atoms with Crippen molar-refractivity contribution in [3.05, 3.63) is 122 Å². The van der Waals surface area contributed by atoms with Crippen molar-refractivity contribution in [1.29, 1.82) is 5.26 Å². The number of hydrogen-bond acceptors (Lipinski definition) is 10. The van der Waals surface area contributed by atoms with Crippen LogP contribution in [0.25, 0.3) is 22.5 Å². The molecule has 1 N–H and O–H groups in total. The molecule has 4 aromatic carbocycles. The third-order valence-electron chi connectivity index (χ3n) is 7.16. The topological polar surface area (TPSA) is 162 Å². The van der Waals surface area contributed by atoms with Crippen LogP contribution in [0, 0.1) is 35.3 Å². The van der Waals surface area contributed by atoms with E-state index >= 15 is 0 Å². The van der Waals surface area contributed by atoms with Gasteiger partial charge in [0.15, 0.2) is 6.29 Å². The molecular weight excluding hydrogens is 564 g/mol. The van der Waals surface area contributed by atoms with Gasteiger partial charge >= 0.3 is 5.69 Å². The summed E-state index contributed by atoms with van der Waals surface area (Å²) in [6, 6.07) is 22.8. The number of aldehydes is 1. The SMILES string of the molecule is Cc1c(COc2cc(OCc3cccc(C#N)c3)c(C=O)cc2[N+](=O)[O-])cccc1-c1cccc(-c2noc(CO)n2)c1C. The number of nitro benzene ring substituents is 1. The van der Waals surface area contributed by atoms with Crippen LogP contribution in [0.1, 0.15) is 44.1 Å². The number of aliphatic hydroxyl groups excluding tert-OH is 1. The molecule has 0 unspecified atom stereocenters. The van der Waals surface area contributed by atoms with Crippen LogP contribution in [-0.2, 0) is 19.8 Å². The second-order valence-electron chi connectivity index (χ2n) is 9.86. The number of nitriles is 1. The van der Waals surface area contributed by atoms with E-state index in [2.05, 4.69) is 16.2 Å². The van der Waals surface area contributed by atoms with E-state index < -0.39 is 4.92 Å². The molecule has 0 amide bonds. The molecule has 0 aliphatic carbocycles. The van der Waals surface area contributed by atoms with Crippen LogP contribution in [0.4, 0.5) is 5.69 Å². The van der Waals surface area contributed by atoms with E-state index in [-0.39, 0.29) is 48.5 Å². The highest BCUT2D eigenvalue weighted by atomic mass is 16.6. The number of aromatic nitrogens is 2. The van der Waals surface area contributed by atoms with Crippen LogP contribution in [0.5, 0.6) is 11.5 Å². The van der Waals surface area contributed by atoms with Gasteiger partial charge in [0, 0.05) is 17.7 Å². The van der Waals surface area contributed by atoms with E-state index in [1.807, 2.05) is 50.2 Å². The summed E-state index contributed by atoms with van der Waals surface area (Å²) >= 11 is 0. The zero-order valence-corrected chi connectivity index (χ0v) is 23.8.